The van der Waals surface area contributed by atoms with E-state index in [1.165, 1.54) is 5.69 Å². The van der Waals surface area contributed by atoms with Gasteiger partial charge in [0, 0.05) is 37.8 Å². The second-order valence-electron chi connectivity index (χ2n) is 5.22. The highest BCUT2D eigenvalue weighted by Gasteiger charge is 2.19. The number of hydrogen-bond acceptors (Lipinski definition) is 5. The van der Waals surface area contributed by atoms with E-state index in [9.17, 15) is 0 Å². The zero-order chi connectivity index (χ0) is 13.9. The molecule has 1 N–H and O–H groups in total. The second-order valence-corrected chi connectivity index (χ2v) is 6.09. The number of thiazole rings is 1. The van der Waals surface area contributed by atoms with Gasteiger partial charge in [-0.05, 0) is 13.5 Å². The van der Waals surface area contributed by atoms with E-state index in [4.69, 9.17) is 4.74 Å². The van der Waals surface area contributed by atoms with Crippen LogP contribution in [-0.2, 0) is 11.3 Å². The Hall–Kier alpha value is -0.950. The molecule has 1 aliphatic rings. The van der Waals surface area contributed by atoms with Crippen LogP contribution >= 0.6 is 11.3 Å². The summed E-state index contributed by atoms with van der Waals surface area (Å²) in [6.07, 6.45) is 2.39. The predicted molar refractivity (Wildman–Crippen MR) is 81.4 cm³/mol. The summed E-state index contributed by atoms with van der Waals surface area (Å²) in [5.74, 6) is 0. The van der Waals surface area contributed by atoms with Crippen LogP contribution in [0.5, 0.6) is 0 Å². The number of fused-ring (bicyclic) bond motifs is 1. The van der Waals surface area contributed by atoms with Gasteiger partial charge in [0.1, 0.15) is 0 Å². The average Bonchev–Trinajstić information content (AvgIpc) is 3.01. The fourth-order valence-corrected chi connectivity index (χ4v) is 3.47. The molecule has 1 unspecified atom stereocenters. The first kappa shape index (κ1) is 14.0. The molecule has 0 spiro atoms. The highest BCUT2D eigenvalue weighted by atomic mass is 32.1. The first-order chi connectivity index (χ1) is 9.78. The number of imidazole rings is 1. The zero-order valence-corrected chi connectivity index (χ0v) is 12.9. The van der Waals surface area contributed by atoms with Gasteiger partial charge in [0.15, 0.2) is 4.96 Å². The normalized spacial score (nSPS) is 20.8. The molecule has 3 rings (SSSR count). The Morgan fingerprint density at radius 2 is 2.45 bits per heavy atom. The number of ether oxygens (including phenoxy) is 1. The maximum absolute atomic E-state index is 5.81. The summed E-state index contributed by atoms with van der Waals surface area (Å²) in [4.78, 5) is 8.08. The van der Waals surface area contributed by atoms with Crippen molar-refractivity contribution in [2.75, 3.05) is 32.8 Å². The van der Waals surface area contributed by atoms with Crippen molar-refractivity contribution in [1.82, 2.24) is 19.6 Å². The molecule has 0 amide bonds. The van der Waals surface area contributed by atoms with Crippen molar-refractivity contribution in [3.8, 4) is 0 Å². The van der Waals surface area contributed by atoms with Gasteiger partial charge in [-0.2, -0.15) is 0 Å². The summed E-state index contributed by atoms with van der Waals surface area (Å²) >= 11 is 1.68. The van der Waals surface area contributed by atoms with Gasteiger partial charge in [0.25, 0.3) is 0 Å². The van der Waals surface area contributed by atoms with Crippen LogP contribution in [0, 0.1) is 6.92 Å². The van der Waals surface area contributed by atoms with Gasteiger partial charge in [0.2, 0.25) is 0 Å². The lowest BCUT2D eigenvalue weighted by atomic mass is 10.2. The lowest BCUT2D eigenvalue weighted by Gasteiger charge is -2.32. The minimum Gasteiger partial charge on any atom is -0.374 e. The van der Waals surface area contributed by atoms with E-state index in [0.717, 1.165) is 50.0 Å². The van der Waals surface area contributed by atoms with E-state index in [2.05, 4.69) is 45.0 Å². The van der Waals surface area contributed by atoms with E-state index < -0.39 is 0 Å². The van der Waals surface area contributed by atoms with Crippen molar-refractivity contribution in [2.45, 2.75) is 26.5 Å². The Morgan fingerprint density at radius 1 is 1.55 bits per heavy atom. The highest BCUT2D eigenvalue weighted by Crippen LogP contribution is 2.16. The van der Waals surface area contributed by atoms with Crippen molar-refractivity contribution >= 4 is 16.3 Å². The molecule has 0 aliphatic carbocycles. The van der Waals surface area contributed by atoms with Crippen LogP contribution in [0.15, 0.2) is 11.6 Å². The molecule has 1 aliphatic heterocycles. The van der Waals surface area contributed by atoms with E-state index in [1.54, 1.807) is 11.3 Å². The number of aromatic nitrogens is 2. The van der Waals surface area contributed by atoms with Crippen LogP contribution in [0.2, 0.25) is 0 Å². The second kappa shape index (κ2) is 6.22. The van der Waals surface area contributed by atoms with Crippen molar-refractivity contribution < 1.29 is 4.74 Å². The summed E-state index contributed by atoms with van der Waals surface area (Å²) < 4.78 is 7.98. The highest BCUT2D eigenvalue weighted by molar-refractivity contribution is 7.15. The van der Waals surface area contributed by atoms with Gasteiger partial charge in [-0.1, -0.05) is 6.92 Å². The summed E-state index contributed by atoms with van der Waals surface area (Å²) in [6.45, 7) is 10.1. The summed E-state index contributed by atoms with van der Waals surface area (Å²) in [5, 5.41) is 5.60. The average molecular weight is 294 g/mol. The standard InChI is InChI=1S/C14H22N4OS/c1-3-17-4-6-19-12(10-17)8-15-9-13-11(2)16-14-18(13)5-7-20-14/h5,7,12,15H,3-4,6,8-10H2,1-2H3. The molecule has 5 nitrogen and oxygen atoms in total. The van der Waals surface area contributed by atoms with Crippen LogP contribution in [-0.4, -0.2) is 53.2 Å². The molecular weight excluding hydrogens is 272 g/mol. The molecule has 110 valence electrons. The molecule has 1 saturated heterocycles. The van der Waals surface area contributed by atoms with E-state index in [1.807, 2.05) is 0 Å². The minimum atomic E-state index is 0.301. The first-order valence-electron chi connectivity index (χ1n) is 7.23. The van der Waals surface area contributed by atoms with Crippen molar-refractivity contribution in [3.05, 3.63) is 23.0 Å². The van der Waals surface area contributed by atoms with Crippen LogP contribution in [0.25, 0.3) is 4.96 Å². The molecular formula is C14H22N4OS. The first-order valence-corrected chi connectivity index (χ1v) is 8.11. The number of rotatable bonds is 5. The molecule has 1 fully saturated rings. The van der Waals surface area contributed by atoms with Gasteiger partial charge in [-0.15, -0.1) is 11.3 Å². The summed E-state index contributed by atoms with van der Waals surface area (Å²) in [6, 6.07) is 0. The quantitative estimate of drug-likeness (QED) is 0.908. The molecule has 2 aromatic rings. The Kier molecular flexibility index (Phi) is 4.35. The van der Waals surface area contributed by atoms with Gasteiger partial charge in [-0.25, -0.2) is 4.98 Å². The van der Waals surface area contributed by atoms with Crippen LogP contribution in [0.3, 0.4) is 0 Å². The van der Waals surface area contributed by atoms with Crippen molar-refractivity contribution in [3.63, 3.8) is 0 Å². The Morgan fingerprint density at radius 3 is 3.30 bits per heavy atom. The molecule has 0 radical (unpaired) electrons. The molecule has 0 saturated carbocycles. The molecule has 2 aromatic heterocycles. The molecule has 3 heterocycles. The number of aryl methyl sites for hydroxylation is 1. The largest absolute Gasteiger partial charge is 0.374 e. The molecule has 0 aromatic carbocycles. The number of likely N-dealkylation sites (N-methyl/N-ethyl adjacent to an activating group) is 1. The fraction of sp³-hybridized carbons (Fsp3) is 0.643. The van der Waals surface area contributed by atoms with Crippen molar-refractivity contribution in [2.24, 2.45) is 0 Å². The zero-order valence-electron chi connectivity index (χ0n) is 12.1. The van der Waals surface area contributed by atoms with Crippen LogP contribution < -0.4 is 5.32 Å². The van der Waals surface area contributed by atoms with Crippen LogP contribution in [0.1, 0.15) is 18.3 Å². The maximum Gasteiger partial charge on any atom is 0.194 e. The monoisotopic (exact) mass is 294 g/mol. The Balaban J connectivity index is 1.54. The lowest BCUT2D eigenvalue weighted by Crippen LogP contribution is -2.46. The lowest BCUT2D eigenvalue weighted by molar-refractivity contribution is -0.0254. The minimum absolute atomic E-state index is 0.301. The summed E-state index contributed by atoms with van der Waals surface area (Å²) in [7, 11) is 0. The van der Waals surface area contributed by atoms with Crippen LogP contribution in [0.4, 0.5) is 0 Å². The summed E-state index contributed by atoms with van der Waals surface area (Å²) in [5.41, 5.74) is 2.37. The number of morpholine rings is 1. The third-order valence-corrected chi connectivity index (χ3v) is 4.65. The molecule has 20 heavy (non-hydrogen) atoms. The van der Waals surface area contributed by atoms with Gasteiger partial charge in [-0.3, -0.25) is 9.30 Å². The van der Waals surface area contributed by atoms with E-state index >= 15 is 0 Å². The van der Waals surface area contributed by atoms with Crippen molar-refractivity contribution in [1.29, 1.82) is 0 Å². The number of nitrogens with zero attached hydrogens (tertiary/aromatic N) is 3. The van der Waals surface area contributed by atoms with E-state index in [0.29, 0.717) is 6.10 Å². The number of hydrogen-bond donors (Lipinski definition) is 1. The predicted octanol–water partition coefficient (Wildman–Crippen LogP) is 1.51. The third kappa shape index (κ3) is 2.88. The van der Waals surface area contributed by atoms with E-state index in [-0.39, 0.29) is 0 Å². The maximum atomic E-state index is 5.81. The molecule has 0 bridgehead atoms. The molecule has 6 heteroatoms. The topological polar surface area (TPSA) is 41.8 Å². The SMILES string of the molecule is CCN1CCOC(CNCc2c(C)nc3sccn23)C1. The third-order valence-electron chi connectivity index (χ3n) is 3.90. The number of nitrogens with one attached hydrogen (secondary N) is 1. The molecule has 1 atom stereocenters. The van der Waals surface area contributed by atoms with Gasteiger partial charge < -0.3 is 10.1 Å². The smallest absolute Gasteiger partial charge is 0.194 e. The Bertz CT molecular complexity index is 565. The van der Waals surface area contributed by atoms with Gasteiger partial charge >= 0.3 is 0 Å². The van der Waals surface area contributed by atoms with Gasteiger partial charge in [0.05, 0.1) is 24.1 Å². The Labute approximate surface area is 123 Å². The fourth-order valence-electron chi connectivity index (χ4n) is 2.70.